The fourth-order valence-electron chi connectivity index (χ4n) is 2.75. The van der Waals surface area contributed by atoms with Crippen molar-refractivity contribution in [3.63, 3.8) is 0 Å². The van der Waals surface area contributed by atoms with Gasteiger partial charge in [0, 0.05) is 24.6 Å². The number of ether oxygens (including phenoxy) is 1. The SMILES string of the molecule is O=C(COc1ccc(Cl)c(F)c1)NCC[C@H](O)Cc1ncc(-c2ccc(Cl)c(F)c2)[nH]1. The summed E-state index contributed by atoms with van der Waals surface area (Å²) in [5.74, 6) is -0.864. The number of aromatic nitrogens is 2. The van der Waals surface area contributed by atoms with E-state index in [0.29, 0.717) is 17.1 Å². The van der Waals surface area contributed by atoms with Gasteiger partial charge < -0.3 is 20.1 Å². The molecular weight excluding hydrogens is 451 g/mol. The van der Waals surface area contributed by atoms with Gasteiger partial charge in [0.05, 0.1) is 28.0 Å². The number of benzene rings is 2. The number of halogens is 4. The van der Waals surface area contributed by atoms with Gasteiger partial charge in [-0.1, -0.05) is 29.3 Å². The number of aromatic amines is 1. The first-order valence-corrected chi connectivity index (χ1v) is 10.1. The van der Waals surface area contributed by atoms with Crippen molar-refractivity contribution in [3.8, 4) is 17.0 Å². The molecule has 3 aromatic rings. The van der Waals surface area contributed by atoms with Gasteiger partial charge in [0.2, 0.25) is 0 Å². The van der Waals surface area contributed by atoms with E-state index in [-0.39, 0.29) is 41.8 Å². The molecule has 0 saturated carbocycles. The summed E-state index contributed by atoms with van der Waals surface area (Å²) < 4.78 is 32.1. The molecular formula is C21H19Cl2F2N3O3. The van der Waals surface area contributed by atoms with E-state index in [4.69, 9.17) is 27.9 Å². The molecule has 0 fully saturated rings. The lowest BCUT2D eigenvalue weighted by Crippen LogP contribution is -2.31. The van der Waals surface area contributed by atoms with Crippen molar-refractivity contribution in [2.45, 2.75) is 18.9 Å². The van der Waals surface area contributed by atoms with Gasteiger partial charge in [-0.3, -0.25) is 4.79 Å². The molecule has 0 spiro atoms. The molecule has 3 rings (SSSR count). The Morgan fingerprint density at radius 2 is 1.87 bits per heavy atom. The van der Waals surface area contributed by atoms with Crippen molar-refractivity contribution in [2.24, 2.45) is 0 Å². The number of hydrogen-bond donors (Lipinski definition) is 3. The molecule has 1 aromatic heterocycles. The van der Waals surface area contributed by atoms with E-state index in [0.717, 1.165) is 6.07 Å². The van der Waals surface area contributed by atoms with Crippen molar-refractivity contribution in [3.05, 3.63) is 70.1 Å². The Morgan fingerprint density at radius 1 is 1.16 bits per heavy atom. The maximum atomic E-state index is 13.6. The number of imidazole rings is 1. The molecule has 164 valence electrons. The zero-order valence-corrected chi connectivity index (χ0v) is 17.7. The highest BCUT2D eigenvalue weighted by Crippen LogP contribution is 2.23. The van der Waals surface area contributed by atoms with Crippen LogP contribution in [0.2, 0.25) is 10.0 Å². The minimum Gasteiger partial charge on any atom is -0.484 e. The molecule has 31 heavy (non-hydrogen) atoms. The van der Waals surface area contributed by atoms with Crippen molar-refractivity contribution < 1.29 is 23.4 Å². The molecule has 0 aliphatic rings. The second-order valence-electron chi connectivity index (χ2n) is 6.73. The first-order valence-electron chi connectivity index (χ1n) is 9.33. The molecule has 3 N–H and O–H groups in total. The number of aliphatic hydroxyl groups is 1. The largest absolute Gasteiger partial charge is 0.484 e. The molecule has 6 nitrogen and oxygen atoms in total. The zero-order valence-electron chi connectivity index (χ0n) is 16.2. The highest BCUT2D eigenvalue weighted by molar-refractivity contribution is 6.31. The van der Waals surface area contributed by atoms with Gasteiger partial charge in [-0.2, -0.15) is 0 Å². The van der Waals surface area contributed by atoms with Crippen LogP contribution in [0.1, 0.15) is 12.2 Å². The van der Waals surface area contributed by atoms with Gasteiger partial charge in [-0.15, -0.1) is 0 Å². The van der Waals surface area contributed by atoms with Gasteiger partial charge in [0.1, 0.15) is 23.2 Å². The van der Waals surface area contributed by atoms with Crippen molar-refractivity contribution in [1.29, 1.82) is 0 Å². The maximum Gasteiger partial charge on any atom is 0.257 e. The Morgan fingerprint density at radius 3 is 2.58 bits per heavy atom. The number of hydrogen-bond acceptors (Lipinski definition) is 4. The van der Waals surface area contributed by atoms with Crippen molar-refractivity contribution >= 4 is 29.1 Å². The van der Waals surface area contributed by atoms with Gasteiger partial charge >= 0.3 is 0 Å². The predicted octanol–water partition coefficient (Wildman–Crippen LogP) is 4.15. The summed E-state index contributed by atoms with van der Waals surface area (Å²) in [4.78, 5) is 19.0. The summed E-state index contributed by atoms with van der Waals surface area (Å²) >= 11 is 11.3. The van der Waals surface area contributed by atoms with E-state index < -0.39 is 23.6 Å². The van der Waals surface area contributed by atoms with E-state index in [2.05, 4.69) is 15.3 Å². The topological polar surface area (TPSA) is 87.2 Å². The molecule has 0 aliphatic carbocycles. The summed E-state index contributed by atoms with van der Waals surface area (Å²) in [6.45, 7) is -0.0787. The van der Waals surface area contributed by atoms with Crippen LogP contribution in [0.15, 0.2) is 42.6 Å². The molecule has 2 aromatic carbocycles. The number of nitrogens with one attached hydrogen (secondary N) is 2. The molecule has 1 amide bonds. The number of carbonyl (C=O) groups excluding carboxylic acids is 1. The van der Waals surface area contributed by atoms with Crippen LogP contribution in [0.25, 0.3) is 11.3 Å². The lowest BCUT2D eigenvalue weighted by Gasteiger charge is -2.11. The number of H-pyrrole nitrogens is 1. The van der Waals surface area contributed by atoms with Crippen LogP contribution in [0.4, 0.5) is 8.78 Å². The zero-order chi connectivity index (χ0) is 22.4. The Hall–Kier alpha value is -2.68. The first-order chi connectivity index (χ1) is 14.8. The Kier molecular flexibility index (Phi) is 7.84. The third-order valence-electron chi connectivity index (χ3n) is 4.35. The molecule has 1 heterocycles. The number of nitrogens with zero attached hydrogens (tertiary/aromatic N) is 1. The fourth-order valence-corrected chi connectivity index (χ4v) is 2.98. The standard InChI is InChI=1S/C21H19Cl2F2N3O3/c22-15-3-1-12(7-17(15)24)19-10-27-20(28-19)8-13(29)5-6-26-21(30)11-31-14-2-4-16(23)18(25)9-14/h1-4,7,9-10,13,29H,5-6,8,11H2,(H,26,30)(H,27,28)/t13-/m0/s1. The van der Waals surface area contributed by atoms with E-state index in [9.17, 15) is 18.7 Å². The Labute approximate surface area is 187 Å². The van der Waals surface area contributed by atoms with Crippen molar-refractivity contribution in [1.82, 2.24) is 15.3 Å². The van der Waals surface area contributed by atoms with Gasteiger partial charge in [-0.25, -0.2) is 13.8 Å². The van der Waals surface area contributed by atoms with Crippen LogP contribution >= 0.6 is 23.2 Å². The average Bonchev–Trinajstić information content (AvgIpc) is 3.19. The fraction of sp³-hybridized carbons (Fsp3) is 0.238. The molecule has 0 radical (unpaired) electrons. The average molecular weight is 470 g/mol. The summed E-state index contributed by atoms with van der Waals surface area (Å²) in [5, 5.41) is 12.8. The van der Waals surface area contributed by atoms with Gasteiger partial charge in [0.15, 0.2) is 6.61 Å². The number of carbonyl (C=O) groups is 1. The lowest BCUT2D eigenvalue weighted by atomic mass is 10.1. The number of amides is 1. The highest BCUT2D eigenvalue weighted by atomic mass is 35.5. The minimum absolute atomic E-state index is 0.0326. The Bertz CT molecular complexity index is 1060. The molecule has 0 aliphatic heterocycles. The van der Waals surface area contributed by atoms with Crippen LogP contribution in [-0.2, 0) is 11.2 Å². The van der Waals surface area contributed by atoms with Crippen LogP contribution in [-0.4, -0.2) is 40.2 Å². The normalized spacial score (nSPS) is 11.9. The Balaban J connectivity index is 1.40. The summed E-state index contributed by atoms with van der Waals surface area (Å²) in [5.41, 5.74) is 1.19. The second-order valence-corrected chi connectivity index (χ2v) is 7.55. The summed E-state index contributed by atoms with van der Waals surface area (Å²) in [7, 11) is 0. The first kappa shape index (κ1) is 23.0. The highest BCUT2D eigenvalue weighted by Gasteiger charge is 2.12. The second kappa shape index (κ2) is 10.6. The quantitative estimate of drug-likeness (QED) is 0.439. The maximum absolute atomic E-state index is 13.6. The van der Waals surface area contributed by atoms with Crippen LogP contribution in [0, 0.1) is 11.6 Å². The molecule has 0 bridgehead atoms. The van der Waals surface area contributed by atoms with Gasteiger partial charge in [0.25, 0.3) is 5.91 Å². The predicted molar refractivity (Wildman–Crippen MR) is 113 cm³/mol. The van der Waals surface area contributed by atoms with E-state index in [1.165, 1.54) is 24.3 Å². The van der Waals surface area contributed by atoms with Crippen LogP contribution in [0.5, 0.6) is 5.75 Å². The third-order valence-corrected chi connectivity index (χ3v) is 4.96. The molecule has 0 unspecified atom stereocenters. The monoisotopic (exact) mass is 469 g/mol. The van der Waals surface area contributed by atoms with E-state index in [1.54, 1.807) is 12.3 Å². The summed E-state index contributed by atoms with van der Waals surface area (Å²) in [6.07, 6.45) is 1.30. The molecule has 10 heteroatoms. The molecule has 0 saturated heterocycles. The van der Waals surface area contributed by atoms with E-state index >= 15 is 0 Å². The smallest absolute Gasteiger partial charge is 0.257 e. The van der Waals surface area contributed by atoms with Gasteiger partial charge in [-0.05, 0) is 30.7 Å². The minimum atomic E-state index is -0.757. The molecule has 1 atom stereocenters. The lowest BCUT2D eigenvalue weighted by molar-refractivity contribution is -0.123. The summed E-state index contributed by atoms with van der Waals surface area (Å²) in [6, 6.07) is 8.30. The number of aliphatic hydroxyl groups excluding tert-OH is 1. The number of rotatable bonds is 9. The van der Waals surface area contributed by atoms with Crippen LogP contribution < -0.4 is 10.1 Å². The van der Waals surface area contributed by atoms with Crippen molar-refractivity contribution in [2.75, 3.05) is 13.2 Å². The third kappa shape index (κ3) is 6.65. The van der Waals surface area contributed by atoms with Crippen LogP contribution in [0.3, 0.4) is 0 Å². The van der Waals surface area contributed by atoms with E-state index in [1.807, 2.05) is 0 Å².